The molecule has 4 aromatic rings. The van der Waals surface area contributed by atoms with E-state index in [-0.39, 0.29) is 11.9 Å². The zero-order chi connectivity index (χ0) is 23.0. The molecule has 0 aliphatic carbocycles. The van der Waals surface area contributed by atoms with Gasteiger partial charge in [0, 0.05) is 6.08 Å². The van der Waals surface area contributed by atoms with Gasteiger partial charge in [-0.15, -0.1) is 0 Å². The first-order chi connectivity index (χ1) is 16.1. The molecular formula is C30H27NO2. The average Bonchev–Trinajstić information content (AvgIpc) is 2.88. The van der Waals surface area contributed by atoms with Gasteiger partial charge in [0.05, 0.1) is 13.2 Å². The molecule has 1 atom stereocenters. The Labute approximate surface area is 195 Å². The van der Waals surface area contributed by atoms with Crippen molar-refractivity contribution in [2.24, 2.45) is 0 Å². The van der Waals surface area contributed by atoms with Crippen LogP contribution in [0.3, 0.4) is 0 Å². The SMILES string of the molecule is COc1ccc(C(NC(=O)/C=C(/C)c2ccc(-c3ccccc3)cc2)c2ccccc2)cc1. The van der Waals surface area contributed by atoms with E-state index in [4.69, 9.17) is 4.74 Å². The number of ether oxygens (including phenoxy) is 1. The minimum Gasteiger partial charge on any atom is -0.497 e. The molecule has 1 unspecified atom stereocenters. The Kier molecular flexibility index (Phi) is 7.01. The summed E-state index contributed by atoms with van der Waals surface area (Å²) in [5.41, 5.74) is 6.27. The Hall–Kier alpha value is -4.11. The molecule has 164 valence electrons. The second-order valence-corrected chi connectivity index (χ2v) is 7.90. The number of carbonyl (C=O) groups excluding carboxylic acids is 1. The first kappa shape index (κ1) is 22.1. The predicted molar refractivity (Wildman–Crippen MR) is 135 cm³/mol. The molecule has 0 heterocycles. The Morgan fingerprint density at radius 2 is 1.27 bits per heavy atom. The van der Waals surface area contributed by atoms with Crippen molar-refractivity contribution in [3.05, 3.63) is 132 Å². The fraction of sp³-hybridized carbons (Fsp3) is 0.100. The Balaban J connectivity index is 1.53. The molecule has 3 nitrogen and oxygen atoms in total. The van der Waals surface area contributed by atoms with Crippen LogP contribution in [-0.2, 0) is 4.79 Å². The molecule has 0 aromatic heterocycles. The van der Waals surface area contributed by atoms with Crippen LogP contribution >= 0.6 is 0 Å². The Morgan fingerprint density at radius 1 is 0.727 bits per heavy atom. The monoisotopic (exact) mass is 433 g/mol. The third-order valence-electron chi connectivity index (χ3n) is 5.66. The largest absolute Gasteiger partial charge is 0.497 e. The van der Waals surface area contributed by atoms with Crippen LogP contribution in [0.5, 0.6) is 5.75 Å². The lowest BCUT2D eigenvalue weighted by atomic mass is 9.98. The molecular weight excluding hydrogens is 406 g/mol. The number of hydrogen-bond acceptors (Lipinski definition) is 2. The molecule has 33 heavy (non-hydrogen) atoms. The van der Waals surface area contributed by atoms with Crippen LogP contribution in [0.15, 0.2) is 115 Å². The number of hydrogen-bond donors (Lipinski definition) is 1. The number of carbonyl (C=O) groups is 1. The van der Waals surface area contributed by atoms with Gasteiger partial charge in [0.15, 0.2) is 0 Å². The van der Waals surface area contributed by atoms with Gasteiger partial charge >= 0.3 is 0 Å². The van der Waals surface area contributed by atoms with Gasteiger partial charge in [-0.3, -0.25) is 4.79 Å². The fourth-order valence-corrected chi connectivity index (χ4v) is 3.82. The van der Waals surface area contributed by atoms with Crippen molar-refractivity contribution in [2.75, 3.05) is 7.11 Å². The highest BCUT2D eigenvalue weighted by Gasteiger charge is 2.16. The van der Waals surface area contributed by atoms with Crippen LogP contribution in [0.2, 0.25) is 0 Å². The maximum Gasteiger partial charge on any atom is 0.245 e. The van der Waals surface area contributed by atoms with E-state index in [1.807, 2.05) is 79.7 Å². The van der Waals surface area contributed by atoms with Crippen LogP contribution in [0.25, 0.3) is 16.7 Å². The van der Waals surface area contributed by atoms with Gasteiger partial charge in [-0.05, 0) is 52.4 Å². The first-order valence-electron chi connectivity index (χ1n) is 11.0. The van der Waals surface area contributed by atoms with Crippen molar-refractivity contribution in [3.63, 3.8) is 0 Å². The maximum absolute atomic E-state index is 13.0. The first-order valence-corrected chi connectivity index (χ1v) is 11.0. The summed E-state index contributed by atoms with van der Waals surface area (Å²) in [7, 11) is 1.64. The summed E-state index contributed by atoms with van der Waals surface area (Å²) in [4.78, 5) is 13.0. The Bertz CT molecular complexity index is 1210. The van der Waals surface area contributed by atoms with Crippen LogP contribution in [0.4, 0.5) is 0 Å². The summed E-state index contributed by atoms with van der Waals surface area (Å²) in [6.07, 6.45) is 1.66. The van der Waals surface area contributed by atoms with Crippen LogP contribution in [0.1, 0.15) is 29.7 Å². The summed E-state index contributed by atoms with van der Waals surface area (Å²) >= 11 is 0. The molecule has 0 saturated carbocycles. The lowest BCUT2D eigenvalue weighted by Gasteiger charge is -2.19. The van der Waals surface area contributed by atoms with Crippen molar-refractivity contribution in [1.82, 2.24) is 5.32 Å². The van der Waals surface area contributed by atoms with Gasteiger partial charge in [-0.1, -0.05) is 97.1 Å². The summed E-state index contributed by atoms with van der Waals surface area (Å²) in [5, 5.41) is 3.17. The molecule has 0 bridgehead atoms. The number of rotatable bonds is 7. The van der Waals surface area contributed by atoms with E-state index in [9.17, 15) is 4.79 Å². The van der Waals surface area contributed by atoms with E-state index >= 15 is 0 Å². The van der Waals surface area contributed by atoms with Crippen molar-refractivity contribution in [2.45, 2.75) is 13.0 Å². The van der Waals surface area contributed by atoms with Gasteiger partial charge in [0.2, 0.25) is 5.91 Å². The van der Waals surface area contributed by atoms with Gasteiger partial charge in [-0.25, -0.2) is 0 Å². The standard InChI is InChI=1S/C30H27NO2/c1-22(23-13-15-25(16-14-23)24-9-5-3-6-10-24)21-29(32)31-30(26-11-7-4-8-12-26)27-17-19-28(33-2)20-18-27/h3-21,30H,1-2H3,(H,31,32)/b22-21-. The highest BCUT2D eigenvalue weighted by Crippen LogP contribution is 2.25. The number of allylic oxidation sites excluding steroid dienone is 1. The molecule has 4 rings (SSSR count). The average molecular weight is 434 g/mol. The highest BCUT2D eigenvalue weighted by molar-refractivity contribution is 5.95. The number of methoxy groups -OCH3 is 1. The number of benzene rings is 4. The highest BCUT2D eigenvalue weighted by atomic mass is 16.5. The van der Waals surface area contributed by atoms with E-state index in [1.165, 1.54) is 5.56 Å². The van der Waals surface area contributed by atoms with E-state index in [0.29, 0.717) is 0 Å². The molecule has 1 amide bonds. The minimum atomic E-state index is -0.255. The second kappa shape index (κ2) is 10.5. The quantitative estimate of drug-likeness (QED) is 0.331. The van der Waals surface area contributed by atoms with Crippen LogP contribution in [-0.4, -0.2) is 13.0 Å². The summed E-state index contributed by atoms with van der Waals surface area (Å²) < 4.78 is 5.28. The molecule has 0 aliphatic rings. The molecule has 0 spiro atoms. The molecule has 0 fully saturated rings. The third kappa shape index (κ3) is 5.58. The molecule has 0 aliphatic heterocycles. The van der Waals surface area contributed by atoms with E-state index in [1.54, 1.807) is 13.2 Å². The molecule has 4 aromatic carbocycles. The lowest BCUT2D eigenvalue weighted by Crippen LogP contribution is -2.28. The normalized spacial score (nSPS) is 12.1. The van der Waals surface area contributed by atoms with E-state index in [0.717, 1.165) is 33.6 Å². The zero-order valence-corrected chi connectivity index (χ0v) is 18.9. The summed E-state index contributed by atoms with van der Waals surface area (Å²) in [6.45, 7) is 1.96. The van der Waals surface area contributed by atoms with E-state index < -0.39 is 0 Å². The van der Waals surface area contributed by atoms with Crippen LogP contribution < -0.4 is 10.1 Å². The lowest BCUT2D eigenvalue weighted by molar-refractivity contribution is -0.116. The molecule has 0 radical (unpaired) electrons. The minimum absolute atomic E-state index is 0.135. The second-order valence-electron chi connectivity index (χ2n) is 7.90. The molecule has 3 heteroatoms. The third-order valence-corrected chi connectivity index (χ3v) is 5.66. The topological polar surface area (TPSA) is 38.3 Å². The van der Waals surface area contributed by atoms with Gasteiger partial charge in [0.1, 0.15) is 5.75 Å². The van der Waals surface area contributed by atoms with Gasteiger partial charge in [-0.2, -0.15) is 0 Å². The fourth-order valence-electron chi connectivity index (χ4n) is 3.82. The summed E-state index contributed by atoms with van der Waals surface area (Å²) in [6, 6.07) is 36.0. The van der Waals surface area contributed by atoms with Crippen molar-refractivity contribution >= 4 is 11.5 Å². The van der Waals surface area contributed by atoms with Crippen molar-refractivity contribution < 1.29 is 9.53 Å². The van der Waals surface area contributed by atoms with Crippen molar-refractivity contribution in [1.29, 1.82) is 0 Å². The van der Waals surface area contributed by atoms with Crippen LogP contribution in [0, 0.1) is 0 Å². The van der Waals surface area contributed by atoms with Gasteiger partial charge in [0.25, 0.3) is 0 Å². The Morgan fingerprint density at radius 3 is 1.88 bits per heavy atom. The van der Waals surface area contributed by atoms with Crippen molar-refractivity contribution in [3.8, 4) is 16.9 Å². The zero-order valence-electron chi connectivity index (χ0n) is 18.9. The maximum atomic E-state index is 13.0. The molecule has 1 N–H and O–H groups in total. The summed E-state index contributed by atoms with van der Waals surface area (Å²) in [5.74, 6) is 0.649. The predicted octanol–water partition coefficient (Wildman–Crippen LogP) is 6.67. The number of nitrogens with one attached hydrogen (secondary N) is 1. The number of amides is 1. The van der Waals surface area contributed by atoms with Gasteiger partial charge < -0.3 is 10.1 Å². The smallest absolute Gasteiger partial charge is 0.245 e. The van der Waals surface area contributed by atoms with E-state index in [2.05, 4.69) is 41.7 Å². The molecule has 0 saturated heterocycles.